The molecule has 1 N–H and O–H groups in total. The number of nitrogens with zero attached hydrogens (tertiary/aromatic N) is 1. The molecule has 17 heavy (non-hydrogen) atoms. The first-order valence-electron chi connectivity index (χ1n) is 4.67. The average Bonchev–Trinajstić information content (AvgIpc) is 2.18. The van der Waals surface area contributed by atoms with Crippen LogP contribution in [0.25, 0.3) is 0 Å². The second-order valence-electron chi connectivity index (χ2n) is 3.38. The third-order valence-electron chi connectivity index (χ3n) is 1.89. The van der Waals surface area contributed by atoms with E-state index in [1.807, 2.05) is 0 Å². The van der Waals surface area contributed by atoms with E-state index in [1.165, 1.54) is 12.1 Å². The minimum Gasteiger partial charge on any atom is -0.481 e. The van der Waals surface area contributed by atoms with Crippen molar-refractivity contribution in [2.75, 3.05) is 0 Å². The van der Waals surface area contributed by atoms with E-state index in [2.05, 4.69) is 9.72 Å². The summed E-state index contributed by atoms with van der Waals surface area (Å²) in [7, 11) is 0. The Balaban J connectivity index is 2.79. The normalized spacial score (nSPS) is 13.2. The smallest absolute Gasteiger partial charge is 0.426 e. The van der Waals surface area contributed by atoms with Gasteiger partial charge in [-0.2, -0.15) is 13.2 Å². The summed E-state index contributed by atoms with van der Waals surface area (Å²) >= 11 is 0. The van der Waals surface area contributed by atoms with E-state index in [-0.39, 0.29) is 5.75 Å². The predicted molar refractivity (Wildman–Crippen MR) is 51.7 cm³/mol. The van der Waals surface area contributed by atoms with Crippen molar-refractivity contribution in [3.05, 3.63) is 24.0 Å². The third kappa shape index (κ3) is 4.29. The summed E-state index contributed by atoms with van der Waals surface area (Å²) < 4.78 is 41.9. The summed E-state index contributed by atoms with van der Waals surface area (Å²) in [6.45, 7) is 1.67. The molecule has 7 heteroatoms. The van der Waals surface area contributed by atoms with Gasteiger partial charge in [0.05, 0.1) is 12.6 Å². The zero-order valence-electron chi connectivity index (χ0n) is 8.86. The molecule has 0 aliphatic heterocycles. The average molecular weight is 249 g/mol. The molecule has 0 aromatic carbocycles. The number of aryl methyl sites for hydroxylation is 1. The van der Waals surface area contributed by atoms with Crippen LogP contribution in [0.2, 0.25) is 0 Å². The molecule has 1 unspecified atom stereocenters. The Morgan fingerprint density at radius 2 is 2.18 bits per heavy atom. The van der Waals surface area contributed by atoms with Crippen molar-refractivity contribution >= 4 is 5.97 Å². The van der Waals surface area contributed by atoms with E-state index in [9.17, 15) is 18.0 Å². The van der Waals surface area contributed by atoms with Crippen LogP contribution in [0.3, 0.4) is 0 Å². The second kappa shape index (κ2) is 5.03. The minimum atomic E-state index is -4.73. The van der Waals surface area contributed by atoms with Crippen LogP contribution in [0.5, 0.6) is 5.75 Å². The quantitative estimate of drug-likeness (QED) is 0.888. The second-order valence-corrected chi connectivity index (χ2v) is 3.38. The minimum absolute atomic E-state index is 0.112. The molecule has 0 saturated carbocycles. The van der Waals surface area contributed by atoms with Crippen LogP contribution in [0, 0.1) is 6.92 Å². The maximum atomic E-state index is 12.4. The van der Waals surface area contributed by atoms with Crippen molar-refractivity contribution in [3.8, 4) is 5.75 Å². The molecule has 0 bridgehead atoms. The Morgan fingerprint density at radius 3 is 2.59 bits per heavy atom. The van der Waals surface area contributed by atoms with Gasteiger partial charge in [0.1, 0.15) is 5.75 Å². The molecule has 0 spiro atoms. The first-order chi connectivity index (χ1) is 7.79. The number of rotatable bonds is 4. The molecule has 0 saturated heterocycles. The number of halogens is 3. The van der Waals surface area contributed by atoms with Crippen molar-refractivity contribution in [3.63, 3.8) is 0 Å². The highest BCUT2D eigenvalue weighted by Gasteiger charge is 2.43. The maximum Gasteiger partial charge on any atom is 0.426 e. The lowest BCUT2D eigenvalue weighted by Gasteiger charge is -2.19. The summed E-state index contributed by atoms with van der Waals surface area (Å²) in [6.07, 6.45) is -7.12. The van der Waals surface area contributed by atoms with E-state index in [1.54, 1.807) is 6.92 Å². The van der Waals surface area contributed by atoms with Crippen LogP contribution in [0.4, 0.5) is 13.2 Å². The number of alkyl halides is 3. The van der Waals surface area contributed by atoms with Crippen molar-refractivity contribution in [1.29, 1.82) is 0 Å². The van der Waals surface area contributed by atoms with Crippen LogP contribution in [-0.4, -0.2) is 28.3 Å². The highest BCUT2D eigenvalue weighted by atomic mass is 19.4. The standard InChI is InChI=1S/C10H10F3NO3/c1-6-2-3-7(5-14-6)17-8(4-9(15)16)10(11,12)13/h2-3,5,8H,4H2,1H3,(H,15,16). The maximum absolute atomic E-state index is 12.4. The van der Waals surface area contributed by atoms with Gasteiger partial charge in [0, 0.05) is 5.69 Å². The predicted octanol–water partition coefficient (Wildman–Crippen LogP) is 2.17. The molecular formula is C10H10F3NO3. The Kier molecular flexibility index (Phi) is 3.93. The molecule has 1 atom stereocenters. The topological polar surface area (TPSA) is 59.4 Å². The molecule has 0 amide bonds. The number of hydrogen-bond acceptors (Lipinski definition) is 3. The van der Waals surface area contributed by atoms with Crippen LogP contribution in [0.15, 0.2) is 18.3 Å². The molecule has 1 aromatic heterocycles. The van der Waals surface area contributed by atoms with E-state index >= 15 is 0 Å². The van der Waals surface area contributed by atoms with Gasteiger partial charge in [-0.05, 0) is 19.1 Å². The number of ether oxygens (including phenoxy) is 1. The number of carboxylic acid groups (broad SMARTS) is 1. The highest BCUT2D eigenvalue weighted by molar-refractivity contribution is 5.67. The molecular weight excluding hydrogens is 239 g/mol. The summed E-state index contributed by atoms with van der Waals surface area (Å²) in [5.74, 6) is -1.69. The molecule has 1 aromatic rings. The molecule has 94 valence electrons. The summed E-state index contributed by atoms with van der Waals surface area (Å²) in [4.78, 5) is 14.1. The Bertz CT molecular complexity index is 389. The molecule has 4 nitrogen and oxygen atoms in total. The lowest BCUT2D eigenvalue weighted by Crippen LogP contribution is -2.36. The molecule has 0 radical (unpaired) electrons. The molecule has 0 aliphatic carbocycles. The van der Waals surface area contributed by atoms with Gasteiger partial charge < -0.3 is 9.84 Å². The van der Waals surface area contributed by atoms with E-state index < -0.39 is 24.7 Å². The van der Waals surface area contributed by atoms with Gasteiger partial charge in [0.2, 0.25) is 6.10 Å². The van der Waals surface area contributed by atoms with Gasteiger partial charge in [0.15, 0.2) is 0 Å². The monoisotopic (exact) mass is 249 g/mol. The first-order valence-corrected chi connectivity index (χ1v) is 4.67. The molecule has 1 heterocycles. The molecule has 1 rings (SSSR count). The molecule has 0 fully saturated rings. The number of aliphatic carboxylic acids is 1. The fraction of sp³-hybridized carbons (Fsp3) is 0.400. The Hall–Kier alpha value is -1.79. The zero-order valence-corrected chi connectivity index (χ0v) is 8.86. The van der Waals surface area contributed by atoms with Crippen LogP contribution in [0.1, 0.15) is 12.1 Å². The number of aromatic nitrogens is 1. The van der Waals surface area contributed by atoms with E-state index in [4.69, 9.17) is 5.11 Å². The number of pyridine rings is 1. The van der Waals surface area contributed by atoms with Gasteiger partial charge in [0.25, 0.3) is 0 Å². The third-order valence-corrected chi connectivity index (χ3v) is 1.89. The van der Waals surface area contributed by atoms with Crippen molar-refractivity contribution in [2.45, 2.75) is 25.6 Å². The first kappa shape index (κ1) is 13.3. The van der Waals surface area contributed by atoms with Crippen molar-refractivity contribution in [2.24, 2.45) is 0 Å². The fourth-order valence-electron chi connectivity index (χ4n) is 1.07. The van der Waals surface area contributed by atoms with Gasteiger partial charge in [-0.3, -0.25) is 9.78 Å². The van der Waals surface area contributed by atoms with Crippen molar-refractivity contribution < 1.29 is 27.8 Å². The van der Waals surface area contributed by atoms with Gasteiger partial charge in [-0.25, -0.2) is 0 Å². The summed E-state index contributed by atoms with van der Waals surface area (Å²) in [5.41, 5.74) is 0.624. The zero-order chi connectivity index (χ0) is 13.1. The van der Waals surface area contributed by atoms with Gasteiger partial charge in [-0.1, -0.05) is 0 Å². The van der Waals surface area contributed by atoms with Crippen LogP contribution in [-0.2, 0) is 4.79 Å². The number of carboxylic acids is 1. The van der Waals surface area contributed by atoms with Crippen LogP contribution >= 0.6 is 0 Å². The Morgan fingerprint density at radius 1 is 1.53 bits per heavy atom. The Labute approximate surface area is 95.0 Å². The summed E-state index contributed by atoms with van der Waals surface area (Å²) in [6, 6.07) is 2.78. The lowest BCUT2D eigenvalue weighted by molar-refractivity contribution is -0.200. The van der Waals surface area contributed by atoms with E-state index in [0.717, 1.165) is 6.20 Å². The summed E-state index contributed by atoms with van der Waals surface area (Å²) in [5, 5.41) is 8.37. The van der Waals surface area contributed by atoms with Crippen molar-refractivity contribution in [1.82, 2.24) is 4.98 Å². The lowest BCUT2D eigenvalue weighted by atomic mass is 10.2. The SMILES string of the molecule is Cc1ccc(OC(CC(=O)O)C(F)(F)F)cn1. The number of hydrogen-bond donors (Lipinski definition) is 1. The fourth-order valence-corrected chi connectivity index (χ4v) is 1.07. The van der Waals surface area contributed by atoms with E-state index in [0.29, 0.717) is 5.69 Å². The van der Waals surface area contributed by atoms with Crippen LogP contribution < -0.4 is 4.74 Å². The molecule has 0 aliphatic rings. The highest BCUT2D eigenvalue weighted by Crippen LogP contribution is 2.27. The van der Waals surface area contributed by atoms with Gasteiger partial charge >= 0.3 is 12.1 Å². The number of carbonyl (C=O) groups is 1. The largest absolute Gasteiger partial charge is 0.481 e. The van der Waals surface area contributed by atoms with Gasteiger partial charge in [-0.15, -0.1) is 0 Å².